The predicted molar refractivity (Wildman–Crippen MR) is 138 cm³/mol. The fraction of sp³-hybridized carbons (Fsp3) is 0.462. The van der Waals surface area contributed by atoms with Gasteiger partial charge in [-0.05, 0) is 52.0 Å². The van der Waals surface area contributed by atoms with Crippen molar-refractivity contribution in [2.75, 3.05) is 18.0 Å². The van der Waals surface area contributed by atoms with Crippen LogP contribution >= 0.6 is 0 Å². The number of H-pyrrole nitrogens is 1. The molecule has 0 fully saturated rings. The van der Waals surface area contributed by atoms with E-state index < -0.39 is 0 Å². The number of benzene rings is 1. The minimum Gasteiger partial charge on any atom is -0.356 e. The molecule has 0 atom stereocenters. The molecule has 3 rings (SSSR count). The Hall–Kier alpha value is -3.02. The SMILES string of the molecule is C=N.CCCCCN(CCC)c1nc(-c2cccc3[nH]ncc23)nc(/C=C(\C)CC)c1C. The molecule has 0 radical (unpaired) electrons. The summed E-state index contributed by atoms with van der Waals surface area (Å²) in [6, 6.07) is 6.17. The van der Waals surface area contributed by atoms with E-state index in [4.69, 9.17) is 15.4 Å². The van der Waals surface area contributed by atoms with Crippen LogP contribution in [-0.4, -0.2) is 40.0 Å². The summed E-state index contributed by atoms with van der Waals surface area (Å²) in [4.78, 5) is 12.6. The van der Waals surface area contributed by atoms with Gasteiger partial charge in [0.05, 0.1) is 17.4 Å². The van der Waals surface area contributed by atoms with Crippen molar-refractivity contribution in [1.82, 2.24) is 20.2 Å². The summed E-state index contributed by atoms with van der Waals surface area (Å²) < 4.78 is 0. The molecule has 0 amide bonds. The lowest BCUT2D eigenvalue weighted by molar-refractivity contribution is 0.661. The van der Waals surface area contributed by atoms with Gasteiger partial charge in [-0.1, -0.05) is 51.3 Å². The Balaban J connectivity index is 0.00000176. The second-order valence-electron chi connectivity index (χ2n) is 8.06. The van der Waals surface area contributed by atoms with E-state index in [-0.39, 0.29) is 0 Å². The van der Waals surface area contributed by atoms with Crippen LogP contribution in [0.4, 0.5) is 5.82 Å². The zero-order chi connectivity index (χ0) is 23.5. The number of aromatic amines is 1. The summed E-state index contributed by atoms with van der Waals surface area (Å²) in [5.41, 5.74) is 5.54. The summed E-state index contributed by atoms with van der Waals surface area (Å²) in [6.07, 6.45) is 9.85. The van der Waals surface area contributed by atoms with Crippen molar-refractivity contribution in [3.8, 4) is 11.4 Å². The third-order valence-electron chi connectivity index (χ3n) is 5.65. The quantitative estimate of drug-likeness (QED) is 0.271. The largest absolute Gasteiger partial charge is 0.356 e. The number of allylic oxidation sites excluding steroid dienone is 1. The number of hydrogen-bond donors (Lipinski definition) is 2. The van der Waals surface area contributed by atoms with Crippen LogP contribution in [0.3, 0.4) is 0 Å². The number of rotatable bonds is 10. The molecule has 0 bridgehead atoms. The Labute approximate surface area is 192 Å². The lowest BCUT2D eigenvalue weighted by atomic mass is 10.1. The molecule has 3 aromatic rings. The van der Waals surface area contributed by atoms with Crippen molar-refractivity contribution in [1.29, 1.82) is 5.41 Å². The van der Waals surface area contributed by atoms with Gasteiger partial charge >= 0.3 is 0 Å². The highest BCUT2D eigenvalue weighted by Crippen LogP contribution is 2.30. The monoisotopic (exact) mass is 434 g/mol. The van der Waals surface area contributed by atoms with E-state index in [1.54, 1.807) is 0 Å². The number of hydrogen-bond acceptors (Lipinski definition) is 5. The van der Waals surface area contributed by atoms with Crippen molar-refractivity contribution in [3.05, 3.63) is 41.2 Å². The van der Waals surface area contributed by atoms with Gasteiger partial charge in [0, 0.05) is 29.6 Å². The number of aromatic nitrogens is 4. The molecule has 32 heavy (non-hydrogen) atoms. The molecule has 0 aliphatic carbocycles. The average molecular weight is 435 g/mol. The fourth-order valence-corrected chi connectivity index (χ4v) is 3.74. The second kappa shape index (κ2) is 12.7. The lowest BCUT2D eigenvalue weighted by Crippen LogP contribution is -2.27. The minimum atomic E-state index is 0.773. The summed E-state index contributed by atoms with van der Waals surface area (Å²) in [6.45, 7) is 15.5. The van der Waals surface area contributed by atoms with Gasteiger partial charge < -0.3 is 10.3 Å². The number of unbranched alkanes of at least 4 members (excludes halogenated alkanes) is 2. The number of fused-ring (bicyclic) bond motifs is 1. The van der Waals surface area contributed by atoms with Gasteiger partial charge in [0.25, 0.3) is 0 Å². The summed E-state index contributed by atoms with van der Waals surface area (Å²) in [5, 5.41) is 13.8. The van der Waals surface area contributed by atoms with Crippen LogP contribution in [0.5, 0.6) is 0 Å². The first-order valence-electron chi connectivity index (χ1n) is 11.7. The van der Waals surface area contributed by atoms with E-state index in [2.05, 4.69) is 68.6 Å². The Morgan fingerprint density at radius 3 is 2.56 bits per heavy atom. The third kappa shape index (κ3) is 6.02. The van der Waals surface area contributed by atoms with Gasteiger partial charge in [0.2, 0.25) is 0 Å². The smallest absolute Gasteiger partial charge is 0.162 e. The van der Waals surface area contributed by atoms with Crippen molar-refractivity contribution >= 4 is 29.5 Å². The van der Waals surface area contributed by atoms with E-state index in [1.807, 2.05) is 18.3 Å². The van der Waals surface area contributed by atoms with Crippen LogP contribution in [0, 0.1) is 12.3 Å². The molecule has 0 aliphatic heterocycles. The van der Waals surface area contributed by atoms with Crippen LogP contribution in [0.15, 0.2) is 30.0 Å². The first-order chi connectivity index (χ1) is 15.6. The highest BCUT2D eigenvalue weighted by Gasteiger charge is 2.18. The number of anilines is 1. The van der Waals surface area contributed by atoms with Gasteiger partial charge in [-0.2, -0.15) is 5.10 Å². The second-order valence-corrected chi connectivity index (χ2v) is 8.06. The molecule has 0 saturated heterocycles. The Kier molecular flexibility index (Phi) is 10.1. The van der Waals surface area contributed by atoms with Gasteiger partial charge in [-0.15, -0.1) is 0 Å². The normalized spacial score (nSPS) is 11.3. The standard InChI is InChI=1S/C25H35N5.CH3N/c1-6-9-10-15-30(14-7-2)25-19(5)23(16-18(4)8-3)27-24(28-25)20-12-11-13-22-21(20)17-26-29-22;1-2/h11-13,16-17H,6-10,14-15H2,1-5H3,(H,26,29);2H,1H2/b18-16+;. The molecule has 0 aliphatic rings. The van der Waals surface area contributed by atoms with E-state index in [0.717, 1.165) is 65.3 Å². The fourth-order valence-electron chi connectivity index (χ4n) is 3.74. The number of nitrogens with zero attached hydrogens (tertiary/aromatic N) is 4. The molecular weight excluding hydrogens is 396 g/mol. The molecule has 2 heterocycles. The van der Waals surface area contributed by atoms with Crippen LogP contribution in [0.1, 0.15) is 71.1 Å². The topological polar surface area (TPSA) is 81.5 Å². The molecule has 0 saturated carbocycles. The third-order valence-corrected chi connectivity index (χ3v) is 5.65. The summed E-state index contributed by atoms with van der Waals surface area (Å²) in [7, 11) is 0. The molecule has 172 valence electrons. The first-order valence-corrected chi connectivity index (χ1v) is 11.7. The molecule has 6 heteroatoms. The molecule has 6 nitrogen and oxygen atoms in total. The van der Waals surface area contributed by atoms with Crippen molar-refractivity contribution in [3.63, 3.8) is 0 Å². The van der Waals surface area contributed by atoms with Crippen molar-refractivity contribution < 1.29 is 0 Å². The molecular formula is C26H38N6. The van der Waals surface area contributed by atoms with Crippen LogP contribution in [-0.2, 0) is 0 Å². The Morgan fingerprint density at radius 2 is 1.88 bits per heavy atom. The van der Waals surface area contributed by atoms with Crippen LogP contribution < -0.4 is 4.90 Å². The maximum absolute atomic E-state index is 5.50. The van der Waals surface area contributed by atoms with Gasteiger partial charge in [0.1, 0.15) is 5.82 Å². The van der Waals surface area contributed by atoms with E-state index >= 15 is 0 Å². The Morgan fingerprint density at radius 1 is 1.09 bits per heavy atom. The summed E-state index contributed by atoms with van der Waals surface area (Å²) >= 11 is 0. The zero-order valence-corrected chi connectivity index (χ0v) is 20.3. The van der Waals surface area contributed by atoms with Crippen molar-refractivity contribution in [2.45, 2.75) is 66.7 Å². The predicted octanol–water partition coefficient (Wildman–Crippen LogP) is 6.81. The van der Waals surface area contributed by atoms with Gasteiger partial charge in [-0.25, -0.2) is 9.97 Å². The van der Waals surface area contributed by atoms with E-state index in [0.29, 0.717) is 0 Å². The molecule has 0 unspecified atom stereocenters. The molecule has 0 spiro atoms. The maximum Gasteiger partial charge on any atom is 0.162 e. The zero-order valence-electron chi connectivity index (χ0n) is 20.3. The average Bonchev–Trinajstić information content (AvgIpc) is 3.30. The minimum absolute atomic E-state index is 0.773. The molecule has 2 aromatic heterocycles. The van der Waals surface area contributed by atoms with Crippen LogP contribution in [0.2, 0.25) is 0 Å². The highest BCUT2D eigenvalue weighted by molar-refractivity contribution is 5.92. The van der Waals surface area contributed by atoms with Crippen LogP contribution in [0.25, 0.3) is 28.4 Å². The van der Waals surface area contributed by atoms with E-state index in [9.17, 15) is 0 Å². The highest BCUT2D eigenvalue weighted by atomic mass is 15.2. The lowest BCUT2D eigenvalue weighted by Gasteiger charge is -2.26. The summed E-state index contributed by atoms with van der Waals surface area (Å²) in [5.74, 6) is 1.84. The molecule has 1 aromatic carbocycles. The Bertz CT molecular complexity index is 1020. The van der Waals surface area contributed by atoms with Gasteiger partial charge in [-0.3, -0.25) is 5.10 Å². The van der Waals surface area contributed by atoms with Crippen molar-refractivity contribution in [2.24, 2.45) is 0 Å². The first kappa shape index (κ1) is 25.2. The van der Waals surface area contributed by atoms with Gasteiger partial charge in [0.15, 0.2) is 5.82 Å². The molecule has 2 N–H and O–H groups in total. The maximum atomic E-state index is 5.50. The number of nitrogens with one attached hydrogen (secondary N) is 2. The van der Waals surface area contributed by atoms with E-state index in [1.165, 1.54) is 24.8 Å².